The first kappa shape index (κ1) is 17.8. The van der Waals surface area contributed by atoms with Gasteiger partial charge in [0, 0.05) is 26.1 Å². The summed E-state index contributed by atoms with van der Waals surface area (Å²) in [5.41, 5.74) is -0.390. The first-order valence-corrected chi connectivity index (χ1v) is 7.60. The van der Waals surface area contributed by atoms with E-state index in [2.05, 4.69) is 5.32 Å². The highest BCUT2D eigenvalue weighted by molar-refractivity contribution is 5.68. The average Bonchev–Trinajstić information content (AvgIpc) is 2.35. The van der Waals surface area contributed by atoms with Gasteiger partial charge < -0.3 is 20.1 Å². The first-order valence-electron chi connectivity index (χ1n) is 7.60. The fourth-order valence-electron chi connectivity index (χ4n) is 2.74. The molecule has 2 aliphatic heterocycles. The quantitative estimate of drug-likeness (QED) is 0.716. The molecule has 0 aromatic carbocycles. The number of nitrogens with one attached hydrogen (secondary N) is 1. The van der Waals surface area contributed by atoms with Crippen LogP contribution in [0.15, 0.2) is 0 Å². The van der Waals surface area contributed by atoms with E-state index in [4.69, 9.17) is 14.6 Å². The van der Waals surface area contributed by atoms with Crippen LogP contribution in [0.4, 0.5) is 4.79 Å². The van der Waals surface area contributed by atoms with Crippen molar-refractivity contribution >= 4 is 12.1 Å². The largest absolute Gasteiger partial charge is 0.481 e. The summed E-state index contributed by atoms with van der Waals surface area (Å²) in [5.74, 6) is -0.218. The van der Waals surface area contributed by atoms with Crippen molar-refractivity contribution < 1.29 is 19.4 Å². The smallest absolute Gasteiger partial charge is 0.410 e. The predicted octanol–water partition coefficient (Wildman–Crippen LogP) is 2.09. The van der Waals surface area contributed by atoms with Crippen molar-refractivity contribution in [3.63, 3.8) is 0 Å². The van der Waals surface area contributed by atoms with Crippen molar-refractivity contribution in [2.45, 2.75) is 58.6 Å². The van der Waals surface area contributed by atoms with E-state index in [1.54, 1.807) is 0 Å². The number of likely N-dealkylation sites (tertiary alicyclic amines) is 1. The molecular formula is C15H28N2O4. The summed E-state index contributed by atoms with van der Waals surface area (Å²) in [7, 11) is 0. The number of carboxylic acid groups (broad SMARTS) is 1. The van der Waals surface area contributed by atoms with Crippen molar-refractivity contribution in [3.8, 4) is 0 Å². The lowest BCUT2D eigenvalue weighted by Gasteiger charge is -2.41. The van der Waals surface area contributed by atoms with Gasteiger partial charge in [0.05, 0.1) is 0 Å². The van der Waals surface area contributed by atoms with Crippen LogP contribution < -0.4 is 5.32 Å². The van der Waals surface area contributed by atoms with Gasteiger partial charge in [-0.2, -0.15) is 0 Å². The fourth-order valence-corrected chi connectivity index (χ4v) is 2.74. The van der Waals surface area contributed by atoms with Gasteiger partial charge in [-0.3, -0.25) is 4.79 Å². The Bertz CT molecular complexity index is 361. The Morgan fingerprint density at radius 3 is 2.48 bits per heavy atom. The summed E-state index contributed by atoms with van der Waals surface area (Å²) in [5, 5.41) is 11.0. The number of ether oxygens (including phenoxy) is 1. The van der Waals surface area contributed by atoms with E-state index in [0.717, 1.165) is 33.0 Å². The molecule has 0 aliphatic carbocycles. The molecule has 2 rings (SSSR count). The third kappa shape index (κ3) is 6.80. The van der Waals surface area contributed by atoms with Gasteiger partial charge in [-0.15, -0.1) is 0 Å². The number of piperidine rings is 2. The lowest BCUT2D eigenvalue weighted by Crippen LogP contribution is -2.54. The Labute approximate surface area is 126 Å². The zero-order valence-electron chi connectivity index (χ0n) is 13.5. The summed E-state index contributed by atoms with van der Waals surface area (Å²) < 4.78 is 5.42. The minimum atomic E-state index is -0.833. The van der Waals surface area contributed by atoms with Crippen LogP contribution in [-0.4, -0.2) is 53.3 Å². The molecule has 1 amide bonds. The van der Waals surface area contributed by atoms with Crippen LogP contribution in [0, 0.1) is 5.92 Å². The number of carbonyl (C=O) groups excluding carboxylic acids is 1. The second-order valence-electron chi connectivity index (χ2n) is 6.70. The highest BCUT2D eigenvalue weighted by atomic mass is 16.6. The van der Waals surface area contributed by atoms with Crippen LogP contribution in [0.1, 0.15) is 47.0 Å². The lowest BCUT2D eigenvalue weighted by molar-refractivity contribution is -0.134. The van der Waals surface area contributed by atoms with Crippen molar-refractivity contribution in [2.24, 2.45) is 5.92 Å². The van der Waals surface area contributed by atoms with Crippen LogP contribution in [-0.2, 0) is 9.53 Å². The van der Waals surface area contributed by atoms with Crippen LogP contribution in [0.3, 0.4) is 0 Å². The Kier molecular flexibility index (Phi) is 6.45. The zero-order valence-corrected chi connectivity index (χ0v) is 13.5. The molecule has 2 heterocycles. The molecule has 0 aromatic heterocycles. The SMILES string of the molecule is CC(=O)O.CC(C)(C)OC(=O)N1CCC2NCCCC2C1. The Balaban J connectivity index is 0.000000491. The van der Waals surface area contributed by atoms with Crippen LogP contribution >= 0.6 is 0 Å². The second-order valence-corrected chi connectivity index (χ2v) is 6.70. The second kappa shape index (κ2) is 7.64. The van der Waals surface area contributed by atoms with Crippen molar-refractivity contribution in [2.75, 3.05) is 19.6 Å². The molecule has 0 radical (unpaired) electrons. The summed E-state index contributed by atoms with van der Waals surface area (Å²) in [6, 6.07) is 0.613. The molecule has 21 heavy (non-hydrogen) atoms. The molecule has 2 N–H and O–H groups in total. The minimum Gasteiger partial charge on any atom is -0.481 e. The van der Waals surface area contributed by atoms with Crippen LogP contribution in [0.25, 0.3) is 0 Å². The normalized spacial score (nSPS) is 25.2. The predicted molar refractivity (Wildman–Crippen MR) is 80.2 cm³/mol. The van der Waals surface area contributed by atoms with E-state index in [-0.39, 0.29) is 6.09 Å². The number of amides is 1. The van der Waals surface area contributed by atoms with Gasteiger partial charge in [-0.25, -0.2) is 4.79 Å². The van der Waals surface area contributed by atoms with Crippen molar-refractivity contribution in [3.05, 3.63) is 0 Å². The highest BCUT2D eigenvalue weighted by Crippen LogP contribution is 2.25. The Hall–Kier alpha value is -1.30. The van der Waals surface area contributed by atoms with Crippen LogP contribution in [0.2, 0.25) is 0 Å². The maximum Gasteiger partial charge on any atom is 0.410 e. The molecule has 0 spiro atoms. The number of rotatable bonds is 0. The summed E-state index contributed by atoms with van der Waals surface area (Å²) in [4.78, 5) is 22.8. The maximum atomic E-state index is 12.0. The fraction of sp³-hybridized carbons (Fsp3) is 0.867. The summed E-state index contributed by atoms with van der Waals surface area (Å²) in [6.45, 7) is 9.64. The molecule has 6 nitrogen and oxygen atoms in total. The lowest BCUT2D eigenvalue weighted by atomic mass is 9.85. The van der Waals surface area contributed by atoms with Gasteiger partial charge >= 0.3 is 6.09 Å². The number of hydrogen-bond acceptors (Lipinski definition) is 4. The molecule has 2 unspecified atom stereocenters. The molecule has 2 saturated heterocycles. The molecule has 0 saturated carbocycles. The van der Waals surface area contributed by atoms with E-state index in [0.29, 0.717) is 12.0 Å². The standard InChI is InChI=1S/C13H24N2O2.C2H4O2/c1-13(2,3)17-12(16)15-8-6-11-10(9-15)5-4-7-14-11;1-2(3)4/h10-11,14H,4-9H2,1-3H3;1H3,(H,3,4). The van der Waals surface area contributed by atoms with E-state index in [9.17, 15) is 4.79 Å². The molecule has 6 heteroatoms. The summed E-state index contributed by atoms with van der Waals surface area (Å²) in [6.07, 6.45) is 3.37. The zero-order chi connectivity index (χ0) is 16.0. The number of nitrogens with zero attached hydrogens (tertiary/aromatic N) is 1. The topological polar surface area (TPSA) is 78.9 Å². The van der Waals surface area contributed by atoms with E-state index < -0.39 is 11.6 Å². The van der Waals surface area contributed by atoms with Crippen molar-refractivity contribution in [1.29, 1.82) is 0 Å². The Morgan fingerprint density at radius 2 is 1.90 bits per heavy atom. The molecule has 122 valence electrons. The first-order chi connectivity index (χ1) is 9.69. The third-order valence-electron chi connectivity index (χ3n) is 3.54. The highest BCUT2D eigenvalue weighted by Gasteiger charge is 2.34. The average molecular weight is 300 g/mol. The van der Waals surface area contributed by atoms with Crippen molar-refractivity contribution in [1.82, 2.24) is 10.2 Å². The molecule has 0 bridgehead atoms. The molecular weight excluding hydrogens is 272 g/mol. The molecule has 2 aliphatic rings. The van der Waals surface area contributed by atoms with E-state index in [1.807, 2.05) is 25.7 Å². The van der Waals surface area contributed by atoms with E-state index in [1.165, 1.54) is 12.8 Å². The van der Waals surface area contributed by atoms with Gasteiger partial charge in [0.15, 0.2) is 0 Å². The number of aliphatic carboxylic acids is 1. The van der Waals surface area contributed by atoms with E-state index >= 15 is 0 Å². The number of fused-ring (bicyclic) bond motifs is 1. The van der Waals surface area contributed by atoms with Gasteiger partial charge in [-0.1, -0.05) is 0 Å². The number of hydrogen-bond donors (Lipinski definition) is 2. The summed E-state index contributed by atoms with van der Waals surface area (Å²) >= 11 is 0. The number of carbonyl (C=O) groups is 2. The number of carboxylic acids is 1. The van der Waals surface area contributed by atoms with Gasteiger partial charge in [-0.05, 0) is 52.5 Å². The van der Waals surface area contributed by atoms with Gasteiger partial charge in [0.1, 0.15) is 5.60 Å². The van der Waals surface area contributed by atoms with Gasteiger partial charge in [0.25, 0.3) is 5.97 Å². The molecule has 2 fully saturated rings. The van der Waals surface area contributed by atoms with Gasteiger partial charge in [0.2, 0.25) is 0 Å². The monoisotopic (exact) mass is 300 g/mol. The van der Waals surface area contributed by atoms with Crippen LogP contribution in [0.5, 0.6) is 0 Å². The minimum absolute atomic E-state index is 0.151. The third-order valence-corrected chi connectivity index (χ3v) is 3.54. The maximum absolute atomic E-state index is 12.0. The molecule has 0 aromatic rings. The molecule has 2 atom stereocenters. The Morgan fingerprint density at radius 1 is 1.29 bits per heavy atom.